The fourth-order valence-electron chi connectivity index (χ4n) is 12.5. The zero-order chi connectivity index (χ0) is 68.1. The number of hydrogen-bond donors (Lipinski definition) is 11. The molecule has 9 atom stereocenters. The van der Waals surface area contributed by atoms with Crippen molar-refractivity contribution in [2.45, 2.75) is 149 Å². The number of piperazine rings is 1. The van der Waals surface area contributed by atoms with Crippen LogP contribution in [0.3, 0.4) is 0 Å². The summed E-state index contributed by atoms with van der Waals surface area (Å²) in [6.45, 7) is 20.2. The Hall–Kier alpha value is -8.26. The highest BCUT2D eigenvalue weighted by atomic mass is 16.6. The summed E-state index contributed by atoms with van der Waals surface area (Å²) in [6, 6.07) is 23.9. The molecule has 0 spiro atoms. The number of fused-ring (bicyclic) bond motifs is 5. The first kappa shape index (κ1) is 73.5. The molecule has 2 aliphatic heterocycles. The minimum atomic E-state index is -1.74. The van der Waals surface area contributed by atoms with E-state index in [1.807, 2.05) is 34.6 Å². The van der Waals surface area contributed by atoms with E-state index in [0.29, 0.717) is 79.9 Å². The number of benzene rings is 4. The molecular formula is C67H90N6O18. The maximum atomic E-state index is 13.4. The van der Waals surface area contributed by atoms with Crippen LogP contribution in [-0.2, 0) is 35.1 Å². The van der Waals surface area contributed by atoms with Crippen molar-refractivity contribution in [2.75, 3.05) is 44.8 Å². The molecule has 2 saturated heterocycles. The number of ketones is 1. The number of allylic oxidation sites excluding steroid dienone is 1. The van der Waals surface area contributed by atoms with Gasteiger partial charge in [0, 0.05) is 63.7 Å². The van der Waals surface area contributed by atoms with E-state index < -0.39 is 76.5 Å². The van der Waals surface area contributed by atoms with E-state index in [2.05, 4.69) is 10.2 Å². The predicted molar refractivity (Wildman–Crippen MR) is 338 cm³/mol. The molecule has 91 heavy (non-hydrogen) atoms. The maximum absolute atomic E-state index is 13.4. The average Bonchev–Trinajstić information content (AvgIpc) is 0.736. The van der Waals surface area contributed by atoms with E-state index in [1.54, 1.807) is 113 Å². The molecule has 24 nitrogen and oxygen atoms in total. The largest absolute Gasteiger partial charge is 0.508 e. The Kier molecular flexibility index (Phi) is 25.2. The van der Waals surface area contributed by atoms with Crippen LogP contribution in [0.4, 0.5) is 20.1 Å². The number of Topliss-reactive ketones (excluding diaryl/α,β-unsaturated/α-hetero) is 1. The van der Waals surface area contributed by atoms with Gasteiger partial charge in [-0.2, -0.15) is 0 Å². The van der Waals surface area contributed by atoms with Crippen LogP contribution in [0.15, 0.2) is 108 Å². The standard InChI is InChI=1S/C37H46N6O9.C20H30O5.C7H6O2.C2H4O.CH4O/c1-22(2)26-19-27(29(45)20-28(26)44)32(38)43(34(39)48)25-13-11-23(12-14-25)21-41-15-17-42(18-16-41)36(50)51-31(33(46)47)30(24-9-7-6-8-10-24)40-35(49)52-37(3,4)5;1-10-5-6-20(24)8-12-11-9-25-13(11)7-14(21)19(12,4)17(23)16(22)15(10)18(20,2)3;8-7(9)6-4-2-1-3-5-6;1-2-3;1-2/h6-14,19-20,22,30-31,38,44-45H,15-18,21H2,1-5H3,(H2,39,48)(H,40,49)(H,46,47);11-14,16,21-22,24H,5-9H2,1-4H3;1-5H,(H,8,9);2H,1H3;2H,1H3. The summed E-state index contributed by atoms with van der Waals surface area (Å²) < 4.78 is 16.4. The number of aliphatic hydroxyl groups is 4. The van der Waals surface area contributed by atoms with Gasteiger partial charge in [-0.15, -0.1) is 0 Å². The van der Waals surface area contributed by atoms with Gasteiger partial charge in [-0.05, 0) is 125 Å². The van der Waals surface area contributed by atoms with Gasteiger partial charge in [0.1, 0.15) is 41.4 Å². The fraction of sp³-hybridized carbons (Fsp3) is 0.493. The third-order valence-corrected chi connectivity index (χ3v) is 17.6. The molecule has 9 rings (SSSR count). The first-order valence-electron chi connectivity index (χ1n) is 30.1. The Bertz CT molecular complexity index is 3240. The molecule has 4 aromatic carbocycles. The first-order valence-corrected chi connectivity index (χ1v) is 30.1. The van der Waals surface area contributed by atoms with Crippen LogP contribution in [0.25, 0.3) is 0 Å². The van der Waals surface area contributed by atoms with Crippen molar-refractivity contribution in [1.29, 1.82) is 5.41 Å². The third-order valence-electron chi connectivity index (χ3n) is 17.6. The zero-order valence-corrected chi connectivity index (χ0v) is 53.6. The molecule has 3 aliphatic carbocycles. The number of aldehydes is 1. The number of hydrogen-bond acceptors (Lipinski definition) is 18. The van der Waals surface area contributed by atoms with Crippen molar-refractivity contribution >= 4 is 53.7 Å². The third kappa shape index (κ3) is 17.2. The first-order chi connectivity index (χ1) is 42.7. The topological polar surface area (TPSA) is 381 Å². The number of nitrogens with two attached hydrogens (primary N) is 1. The lowest BCUT2D eigenvalue weighted by Gasteiger charge is -2.61. The molecule has 4 aromatic rings. The molecule has 9 unspecified atom stereocenters. The SMILES string of the molecule is CC(C)c1cc(C(=N)N(C(N)=O)c2ccc(CN3CCN(C(=O)OC(C(=O)O)C(NC(=O)OC(C)(C)C)c4ccccc4)CC3)cc2)c(O)cc1O.CC1=C2C(O)C(=O)C3(C)C(O)CC4OCC4C3CC(O)(CC1)C2(C)C.CC=O.CO.O=C(O)c1ccccc1. The highest BCUT2D eigenvalue weighted by molar-refractivity contribution is 6.22. The number of aliphatic carboxylic acids is 1. The monoisotopic (exact) mass is 1270 g/mol. The lowest BCUT2D eigenvalue weighted by Crippen LogP contribution is -2.68. The number of carboxylic acid groups (broad SMARTS) is 2. The van der Waals surface area contributed by atoms with Crippen molar-refractivity contribution in [3.05, 3.63) is 136 Å². The maximum Gasteiger partial charge on any atom is 0.410 e. The number of carboxylic acids is 2. The number of aromatic hydroxyl groups is 2. The van der Waals surface area contributed by atoms with E-state index in [-0.39, 0.29) is 65.6 Å². The second-order valence-electron chi connectivity index (χ2n) is 25.1. The zero-order valence-electron chi connectivity index (χ0n) is 53.6. The molecule has 496 valence electrons. The number of amides is 4. The molecule has 24 heteroatoms. The van der Waals surface area contributed by atoms with E-state index >= 15 is 0 Å². The number of urea groups is 1. The number of anilines is 1. The summed E-state index contributed by atoms with van der Waals surface area (Å²) in [5.74, 6) is -3.58. The van der Waals surface area contributed by atoms with Crippen LogP contribution < -0.4 is 16.0 Å². The number of phenols is 2. The number of aromatic carboxylic acids is 1. The van der Waals surface area contributed by atoms with Gasteiger partial charge >= 0.3 is 30.2 Å². The number of phenolic OH excluding ortho intramolecular Hbond substituents is 2. The summed E-state index contributed by atoms with van der Waals surface area (Å²) >= 11 is 0. The minimum absolute atomic E-state index is 0.0327. The summed E-state index contributed by atoms with van der Waals surface area (Å²) in [5, 5.41) is 90.9. The van der Waals surface area contributed by atoms with Crippen molar-refractivity contribution in [3.8, 4) is 11.5 Å². The van der Waals surface area contributed by atoms with Crippen LogP contribution >= 0.6 is 0 Å². The Morgan fingerprint density at radius 2 is 1.46 bits per heavy atom. The molecule has 2 bridgehead atoms. The predicted octanol–water partition coefficient (Wildman–Crippen LogP) is 7.89. The van der Waals surface area contributed by atoms with Gasteiger partial charge in [0.05, 0.1) is 46.6 Å². The molecule has 12 N–H and O–H groups in total. The minimum Gasteiger partial charge on any atom is -0.508 e. The van der Waals surface area contributed by atoms with Gasteiger partial charge in [-0.3, -0.25) is 15.1 Å². The van der Waals surface area contributed by atoms with Gasteiger partial charge in [0.15, 0.2) is 5.78 Å². The van der Waals surface area contributed by atoms with Gasteiger partial charge in [0.25, 0.3) is 0 Å². The molecule has 4 amide bonds. The number of carbonyl (C=O) groups excluding carboxylic acids is 5. The Morgan fingerprint density at radius 1 is 0.890 bits per heavy atom. The summed E-state index contributed by atoms with van der Waals surface area (Å²) in [6.07, 6.45) is -2.63. The second-order valence-corrected chi connectivity index (χ2v) is 25.1. The van der Waals surface area contributed by atoms with Crippen LogP contribution in [0, 0.1) is 28.1 Å². The van der Waals surface area contributed by atoms with Crippen molar-refractivity contribution in [2.24, 2.45) is 28.4 Å². The van der Waals surface area contributed by atoms with Gasteiger partial charge in [-0.25, -0.2) is 28.9 Å². The molecule has 0 radical (unpaired) electrons. The van der Waals surface area contributed by atoms with Crippen LogP contribution in [0.5, 0.6) is 11.5 Å². The number of alkyl carbamates (subject to hydrolysis) is 1. The van der Waals surface area contributed by atoms with Crippen molar-refractivity contribution in [3.63, 3.8) is 0 Å². The molecule has 2 saturated carbocycles. The molecule has 4 fully saturated rings. The second kappa shape index (κ2) is 31.2. The summed E-state index contributed by atoms with van der Waals surface area (Å²) in [4.78, 5) is 87.6. The molecule has 2 heterocycles. The van der Waals surface area contributed by atoms with E-state index in [4.69, 9.17) is 40.4 Å². The highest BCUT2D eigenvalue weighted by Crippen LogP contribution is 2.61. The number of carbonyl (C=O) groups is 7. The molecule has 0 aromatic heterocycles. The molecule has 5 aliphatic rings. The number of nitrogens with zero attached hydrogens (tertiary/aromatic N) is 3. The summed E-state index contributed by atoms with van der Waals surface area (Å²) in [5.41, 5.74) is 6.21. The highest BCUT2D eigenvalue weighted by Gasteiger charge is 2.66. The van der Waals surface area contributed by atoms with Crippen molar-refractivity contribution in [1.82, 2.24) is 15.1 Å². The van der Waals surface area contributed by atoms with Crippen LogP contribution in [-0.4, -0.2) is 174 Å². The Labute approximate surface area is 530 Å². The molecular weight excluding hydrogens is 1180 g/mol. The van der Waals surface area contributed by atoms with E-state index in [9.17, 15) is 59.4 Å². The quantitative estimate of drug-likeness (QED) is 0.0294. The van der Waals surface area contributed by atoms with Crippen LogP contribution in [0.1, 0.15) is 139 Å². The van der Waals surface area contributed by atoms with E-state index in [0.717, 1.165) is 35.5 Å². The fourth-order valence-corrected chi connectivity index (χ4v) is 12.5. The number of rotatable bonds is 11. The van der Waals surface area contributed by atoms with Gasteiger partial charge < -0.3 is 75.8 Å². The lowest BCUT2D eigenvalue weighted by molar-refractivity contribution is -0.241. The summed E-state index contributed by atoms with van der Waals surface area (Å²) in [7, 11) is 1.00. The van der Waals surface area contributed by atoms with Crippen LogP contribution in [0.2, 0.25) is 0 Å². The average molecular weight is 1270 g/mol. The van der Waals surface area contributed by atoms with Crippen molar-refractivity contribution < 1.29 is 88.6 Å². The number of amidine groups is 1. The number of primary amides is 1. The number of ether oxygens (including phenoxy) is 3. The Morgan fingerprint density at radius 3 is 1.96 bits per heavy atom. The Balaban J connectivity index is 0.000000313. The number of aliphatic hydroxyl groups excluding tert-OH is 3. The normalized spacial score (nSPS) is 23.7. The lowest BCUT2D eigenvalue weighted by atomic mass is 9.47. The van der Waals surface area contributed by atoms with Gasteiger partial charge in [0.2, 0.25) is 6.10 Å². The van der Waals surface area contributed by atoms with Gasteiger partial charge in [-0.1, -0.05) is 93.9 Å². The smallest absolute Gasteiger partial charge is 0.410 e. The van der Waals surface area contributed by atoms with E-state index in [1.165, 1.54) is 17.9 Å². The number of nitrogens with one attached hydrogen (secondary N) is 2.